The number of phenols is 1. The second kappa shape index (κ2) is 5.57. The molecule has 1 fully saturated rings. The highest BCUT2D eigenvalue weighted by atomic mass is 35.5. The lowest BCUT2D eigenvalue weighted by Crippen LogP contribution is -2.47. The minimum absolute atomic E-state index is 0. The van der Waals surface area contributed by atoms with Crippen molar-refractivity contribution in [2.45, 2.75) is 19.9 Å². The zero-order valence-electron chi connectivity index (χ0n) is 11.1. The van der Waals surface area contributed by atoms with Crippen molar-refractivity contribution in [3.63, 3.8) is 0 Å². The van der Waals surface area contributed by atoms with Crippen molar-refractivity contribution >= 4 is 18.5 Å². The van der Waals surface area contributed by atoms with Gasteiger partial charge in [0.2, 0.25) is 0 Å². The smallest absolute Gasteiger partial charge is 0.407 e. The largest absolute Gasteiger partial charge is 0.507 e. The van der Waals surface area contributed by atoms with E-state index < -0.39 is 6.09 Å². The number of hydrogen-bond acceptors (Lipinski definition) is 4. The minimum Gasteiger partial charge on any atom is -0.507 e. The van der Waals surface area contributed by atoms with E-state index in [1.54, 1.807) is 18.2 Å². The molecule has 0 radical (unpaired) electrons. The van der Waals surface area contributed by atoms with Crippen molar-refractivity contribution in [3.8, 4) is 11.5 Å². The predicted molar refractivity (Wildman–Crippen MR) is 72.9 cm³/mol. The van der Waals surface area contributed by atoms with Crippen molar-refractivity contribution in [1.82, 2.24) is 5.32 Å². The lowest BCUT2D eigenvalue weighted by molar-refractivity contribution is 0.0374. The van der Waals surface area contributed by atoms with Crippen molar-refractivity contribution < 1.29 is 19.4 Å². The lowest BCUT2D eigenvalue weighted by Gasteiger charge is -2.39. The fraction of sp³-hybridized carbons (Fsp3) is 0.462. The number of cyclic esters (lactones) is 1. The summed E-state index contributed by atoms with van der Waals surface area (Å²) in [5.41, 5.74) is 0.252. The molecule has 0 unspecified atom stereocenters. The van der Waals surface area contributed by atoms with E-state index in [1.165, 1.54) is 7.11 Å². The average molecular weight is 288 g/mol. The van der Waals surface area contributed by atoms with Crippen LogP contribution in [0.2, 0.25) is 0 Å². The first-order valence-corrected chi connectivity index (χ1v) is 5.75. The van der Waals surface area contributed by atoms with Gasteiger partial charge in [0.15, 0.2) is 0 Å². The van der Waals surface area contributed by atoms with E-state index >= 15 is 0 Å². The third kappa shape index (κ3) is 2.87. The second-order valence-electron chi connectivity index (χ2n) is 5.04. The Kier molecular flexibility index (Phi) is 4.52. The van der Waals surface area contributed by atoms with Crippen LogP contribution in [0.25, 0.3) is 0 Å². The molecular weight excluding hydrogens is 270 g/mol. The van der Waals surface area contributed by atoms with E-state index in [2.05, 4.69) is 5.32 Å². The van der Waals surface area contributed by atoms with Crippen LogP contribution in [0.4, 0.5) is 4.79 Å². The number of methoxy groups -OCH3 is 1. The molecule has 6 heteroatoms. The maximum absolute atomic E-state index is 11.4. The molecule has 1 aliphatic rings. The molecule has 1 heterocycles. The van der Waals surface area contributed by atoms with Gasteiger partial charge in [0.05, 0.1) is 18.7 Å². The second-order valence-corrected chi connectivity index (χ2v) is 5.04. The van der Waals surface area contributed by atoms with Crippen LogP contribution >= 0.6 is 12.4 Å². The van der Waals surface area contributed by atoms with Crippen LogP contribution in [0, 0.1) is 5.41 Å². The Bertz CT molecular complexity index is 476. The van der Waals surface area contributed by atoms with Crippen LogP contribution in [-0.4, -0.2) is 24.9 Å². The molecule has 2 rings (SSSR count). The Labute approximate surface area is 118 Å². The molecule has 1 amide bonds. The Balaban J connectivity index is 0.00000180. The number of hydrogen-bond donors (Lipinski definition) is 2. The standard InChI is InChI=1S/C13H17NO4.ClH/c1-13(2)7-18-12(16)14-11(13)10-8(15)5-4-6-9(10)17-3;/h4-6,11,15H,7H2,1-3H3,(H,14,16);1H/t11-;/m0./s1. The summed E-state index contributed by atoms with van der Waals surface area (Å²) in [7, 11) is 1.53. The molecule has 0 saturated carbocycles. The van der Waals surface area contributed by atoms with E-state index in [0.29, 0.717) is 17.9 Å². The number of benzene rings is 1. The van der Waals surface area contributed by atoms with E-state index in [0.717, 1.165) is 0 Å². The Morgan fingerprint density at radius 2 is 2.16 bits per heavy atom. The summed E-state index contributed by atoms with van der Waals surface area (Å²) in [4.78, 5) is 11.4. The Hall–Kier alpha value is -1.62. The van der Waals surface area contributed by atoms with Crippen LogP contribution in [-0.2, 0) is 4.74 Å². The van der Waals surface area contributed by atoms with Gasteiger partial charge in [0.25, 0.3) is 0 Å². The van der Waals surface area contributed by atoms with Crippen molar-refractivity contribution in [1.29, 1.82) is 0 Å². The number of phenolic OH excluding ortho intramolecular Hbond substituents is 1. The normalized spacial score (nSPS) is 20.8. The topological polar surface area (TPSA) is 67.8 Å². The first-order chi connectivity index (χ1) is 8.45. The van der Waals surface area contributed by atoms with E-state index in [-0.39, 0.29) is 29.6 Å². The fourth-order valence-corrected chi connectivity index (χ4v) is 2.15. The number of ether oxygens (including phenoxy) is 2. The summed E-state index contributed by atoms with van der Waals surface area (Å²) in [5, 5.41) is 12.8. The van der Waals surface area contributed by atoms with Crippen LogP contribution in [0.15, 0.2) is 18.2 Å². The molecule has 0 aromatic heterocycles. The van der Waals surface area contributed by atoms with Crippen LogP contribution < -0.4 is 10.1 Å². The van der Waals surface area contributed by atoms with E-state index in [9.17, 15) is 9.90 Å². The summed E-state index contributed by atoms with van der Waals surface area (Å²) in [5.74, 6) is 0.657. The quantitative estimate of drug-likeness (QED) is 0.877. The van der Waals surface area contributed by atoms with Crippen LogP contribution in [0.5, 0.6) is 11.5 Å². The first kappa shape index (κ1) is 15.4. The summed E-state index contributed by atoms with van der Waals surface area (Å²) in [6.07, 6.45) is -0.482. The molecule has 1 aromatic rings. The maximum atomic E-state index is 11.4. The predicted octanol–water partition coefficient (Wildman–Crippen LogP) is 2.63. The van der Waals surface area contributed by atoms with Crippen molar-refractivity contribution in [2.24, 2.45) is 5.41 Å². The number of alkyl carbamates (subject to hydrolysis) is 1. The SMILES string of the molecule is COc1cccc(O)c1[C@@H]1NC(=O)OCC1(C)C.Cl. The third-order valence-electron chi connectivity index (χ3n) is 3.17. The molecule has 1 aliphatic heterocycles. The highest BCUT2D eigenvalue weighted by molar-refractivity contribution is 5.85. The van der Waals surface area contributed by atoms with Gasteiger partial charge in [-0.3, -0.25) is 0 Å². The number of halogens is 1. The van der Waals surface area contributed by atoms with Crippen LogP contribution in [0.1, 0.15) is 25.5 Å². The molecule has 1 atom stereocenters. The summed E-state index contributed by atoms with van der Waals surface area (Å²) in [6.45, 7) is 4.22. The molecule has 5 nitrogen and oxygen atoms in total. The number of carbonyl (C=O) groups excluding carboxylic acids is 1. The van der Waals surface area contributed by atoms with Gasteiger partial charge in [0, 0.05) is 5.41 Å². The highest BCUT2D eigenvalue weighted by Gasteiger charge is 2.40. The molecule has 1 saturated heterocycles. The molecule has 106 valence electrons. The summed E-state index contributed by atoms with van der Waals surface area (Å²) < 4.78 is 10.2. The van der Waals surface area contributed by atoms with Crippen molar-refractivity contribution in [2.75, 3.05) is 13.7 Å². The van der Waals surface area contributed by atoms with Crippen LogP contribution in [0.3, 0.4) is 0 Å². The number of rotatable bonds is 2. The third-order valence-corrected chi connectivity index (χ3v) is 3.17. The molecule has 0 aliphatic carbocycles. The van der Waals surface area contributed by atoms with Gasteiger partial charge in [0.1, 0.15) is 18.1 Å². The van der Waals surface area contributed by atoms with Gasteiger partial charge in [-0.2, -0.15) is 0 Å². The monoisotopic (exact) mass is 287 g/mol. The van der Waals surface area contributed by atoms with Gasteiger partial charge in [-0.05, 0) is 12.1 Å². The number of carbonyl (C=O) groups is 1. The zero-order chi connectivity index (χ0) is 13.3. The molecule has 2 N–H and O–H groups in total. The molecule has 0 bridgehead atoms. The highest BCUT2D eigenvalue weighted by Crippen LogP contribution is 2.43. The number of amides is 1. The van der Waals surface area contributed by atoms with Gasteiger partial charge < -0.3 is 19.9 Å². The van der Waals surface area contributed by atoms with E-state index in [4.69, 9.17) is 9.47 Å². The van der Waals surface area contributed by atoms with Crippen molar-refractivity contribution in [3.05, 3.63) is 23.8 Å². The van der Waals surface area contributed by atoms with Gasteiger partial charge in [-0.15, -0.1) is 12.4 Å². The fourth-order valence-electron chi connectivity index (χ4n) is 2.15. The minimum atomic E-state index is -0.482. The van der Waals surface area contributed by atoms with Gasteiger partial charge in [-0.1, -0.05) is 19.9 Å². The number of aromatic hydroxyl groups is 1. The Morgan fingerprint density at radius 3 is 2.79 bits per heavy atom. The summed E-state index contributed by atoms with van der Waals surface area (Å²) >= 11 is 0. The lowest BCUT2D eigenvalue weighted by atomic mass is 9.79. The first-order valence-electron chi connectivity index (χ1n) is 5.75. The molecule has 19 heavy (non-hydrogen) atoms. The molecule has 0 spiro atoms. The molecular formula is C13H18ClNO4. The maximum Gasteiger partial charge on any atom is 0.407 e. The average Bonchev–Trinajstić information content (AvgIpc) is 2.32. The zero-order valence-corrected chi connectivity index (χ0v) is 11.9. The van der Waals surface area contributed by atoms with Gasteiger partial charge >= 0.3 is 6.09 Å². The summed E-state index contributed by atoms with van der Waals surface area (Å²) in [6, 6.07) is 4.68. The molecule has 1 aromatic carbocycles. The number of nitrogens with one attached hydrogen (secondary N) is 1. The van der Waals surface area contributed by atoms with E-state index in [1.807, 2.05) is 13.8 Å². The Morgan fingerprint density at radius 1 is 1.47 bits per heavy atom. The van der Waals surface area contributed by atoms with Gasteiger partial charge in [-0.25, -0.2) is 4.79 Å².